The molecule has 2 fully saturated rings. The lowest BCUT2D eigenvalue weighted by molar-refractivity contribution is -0.387. The van der Waals surface area contributed by atoms with Crippen LogP contribution in [0.4, 0.5) is 16.4 Å². The number of rotatable bonds is 11. The van der Waals surface area contributed by atoms with Crippen LogP contribution in [0, 0.1) is 10.1 Å². The molecule has 3 heterocycles. The van der Waals surface area contributed by atoms with E-state index in [4.69, 9.17) is 0 Å². The summed E-state index contributed by atoms with van der Waals surface area (Å²) in [7, 11) is -2.25. The topological polar surface area (TPSA) is 119 Å². The van der Waals surface area contributed by atoms with E-state index >= 15 is 0 Å². The summed E-state index contributed by atoms with van der Waals surface area (Å²) < 4.78 is 29.3. The first-order valence-corrected chi connectivity index (χ1v) is 18.4. The van der Waals surface area contributed by atoms with E-state index < -0.39 is 44.0 Å². The maximum atomic E-state index is 14.1. The number of carbonyl (C=O) groups is 1. The Morgan fingerprint density at radius 3 is 2.25 bits per heavy atom. The van der Waals surface area contributed by atoms with Crippen LogP contribution in [-0.4, -0.2) is 92.3 Å². The molecule has 13 heteroatoms. The number of anilines is 2. The van der Waals surface area contributed by atoms with Crippen molar-refractivity contribution in [3.8, 4) is 10.4 Å². The number of para-hydroxylation sites is 1. The van der Waals surface area contributed by atoms with E-state index in [9.17, 15) is 23.3 Å². The second-order valence-electron chi connectivity index (χ2n) is 12.3. The van der Waals surface area contributed by atoms with Crippen molar-refractivity contribution in [2.45, 2.75) is 30.3 Å². The number of hydrogen-bond donors (Lipinski definition) is 1. The fourth-order valence-corrected chi connectivity index (χ4v) is 9.08. The number of nitrogens with zero attached hydrogens (tertiary/aromatic N) is 5. The monoisotopic (exact) mass is 688 g/mol. The number of hydrogen-bond acceptors (Lipinski definition) is 9. The third kappa shape index (κ3) is 7.93. The quantitative estimate of drug-likeness (QED) is 0.165. The molecule has 11 nitrogen and oxygen atoms in total. The average molecular weight is 689 g/mol. The van der Waals surface area contributed by atoms with Gasteiger partial charge < -0.3 is 15.1 Å². The number of nitro benzene ring substituents is 1. The maximum absolute atomic E-state index is 14.1. The lowest BCUT2D eigenvalue weighted by Crippen LogP contribution is -2.49. The predicted octanol–water partition coefficient (Wildman–Crippen LogP) is 5.37. The third-order valence-electron chi connectivity index (χ3n) is 9.05. The Bertz CT molecular complexity index is 1820. The van der Waals surface area contributed by atoms with Crippen molar-refractivity contribution >= 4 is 43.6 Å². The summed E-state index contributed by atoms with van der Waals surface area (Å²) in [6, 6.07) is 27.0. The Balaban J connectivity index is 1.16. The molecule has 0 aliphatic carbocycles. The van der Waals surface area contributed by atoms with Gasteiger partial charge in [0.25, 0.3) is 15.7 Å². The molecular formula is C35H40N6O5S2. The van der Waals surface area contributed by atoms with Gasteiger partial charge in [0.1, 0.15) is 0 Å². The zero-order valence-corrected chi connectivity index (χ0v) is 28.5. The minimum absolute atomic E-state index is 0.409. The van der Waals surface area contributed by atoms with Crippen molar-refractivity contribution < 1.29 is 18.1 Å². The number of nitro groups is 1. The highest BCUT2D eigenvalue weighted by Gasteiger charge is 2.38. The normalized spacial score (nSPS) is 16.7. The van der Waals surface area contributed by atoms with Crippen LogP contribution < -0.4 is 10.2 Å². The van der Waals surface area contributed by atoms with Gasteiger partial charge in [-0.15, -0.1) is 11.3 Å². The molecule has 2 saturated heterocycles. The van der Waals surface area contributed by atoms with Gasteiger partial charge >= 0.3 is 0 Å². The molecule has 0 bridgehead atoms. The zero-order chi connectivity index (χ0) is 33.7. The largest absolute Gasteiger partial charge is 0.369 e. The first-order chi connectivity index (χ1) is 23.2. The molecule has 0 atom stereocenters. The summed E-state index contributed by atoms with van der Waals surface area (Å²) in [4.78, 5) is 32.1. The SMILES string of the molecule is CN1CCN(c2ccc(-c3ccc(NC(=O)CN(C4CCN(Cc5ccccc5)CC4)S(=O)(=O)c4ccccc4[N+](=O)[O-])s3)cc2)CC1. The Labute approximate surface area is 285 Å². The van der Waals surface area contributed by atoms with Crippen LogP contribution in [0.5, 0.6) is 0 Å². The van der Waals surface area contributed by atoms with E-state index in [1.54, 1.807) is 0 Å². The molecule has 48 heavy (non-hydrogen) atoms. The lowest BCUT2D eigenvalue weighted by Gasteiger charge is -2.37. The fraction of sp³-hybridized carbons (Fsp3) is 0.343. The predicted molar refractivity (Wildman–Crippen MR) is 190 cm³/mol. The van der Waals surface area contributed by atoms with E-state index in [0.717, 1.165) is 47.5 Å². The van der Waals surface area contributed by atoms with Crippen LogP contribution in [0.1, 0.15) is 18.4 Å². The van der Waals surface area contributed by atoms with Crippen molar-refractivity contribution in [3.63, 3.8) is 0 Å². The van der Waals surface area contributed by atoms with Crippen molar-refractivity contribution in [3.05, 3.63) is 107 Å². The standard InChI is InChI=1S/C35H40N6O5S2/c1-37-21-23-39(24-22-37)29-13-11-28(12-14-29)32-15-16-35(47-32)36-34(42)26-40(48(45,46)33-10-6-5-9-31(33)41(43)44)30-17-19-38(20-18-30)25-27-7-3-2-4-8-27/h2-16,30H,17-26H2,1H3,(H,36,42). The lowest BCUT2D eigenvalue weighted by atomic mass is 10.0. The summed E-state index contributed by atoms with van der Waals surface area (Å²) in [6.45, 7) is 5.59. The fourth-order valence-electron chi connectivity index (χ4n) is 6.35. The Morgan fingerprint density at radius 1 is 0.896 bits per heavy atom. The van der Waals surface area contributed by atoms with Crippen LogP contribution in [0.15, 0.2) is 95.9 Å². The van der Waals surface area contributed by atoms with E-state index in [-0.39, 0.29) is 0 Å². The number of thiophene rings is 1. The summed E-state index contributed by atoms with van der Waals surface area (Å²) in [5.41, 5.74) is 2.87. The molecule has 4 aromatic rings. The van der Waals surface area contributed by atoms with E-state index in [0.29, 0.717) is 30.9 Å². The summed E-state index contributed by atoms with van der Waals surface area (Å²) in [6.07, 6.45) is 0.987. The maximum Gasteiger partial charge on any atom is 0.289 e. The Hall–Kier alpha value is -4.14. The number of sulfonamides is 1. The minimum atomic E-state index is -4.39. The molecule has 3 aromatic carbocycles. The van der Waals surface area contributed by atoms with Gasteiger partial charge in [0, 0.05) is 68.5 Å². The second-order valence-corrected chi connectivity index (χ2v) is 15.3. The van der Waals surface area contributed by atoms with Crippen molar-refractivity contribution in [2.75, 3.05) is 63.1 Å². The molecule has 0 saturated carbocycles. The molecule has 2 aliphatic rings. The Kier molecular flexibility index (Phi) is 10.5. The number of benzene rings is 3. The first-order valence-electron chi connectivity index (χ1n) is 16.1. The van der Waals surface area contributed by atoms with Gasteiger partial charge in [-0.3, -0.25) is 19.8 Å². The van der Waals surface area contributed by atoms with Crippen molar-refractivity contribution in [1.82, 2.24) is 14.1 Å². The van der Waals surface area contributed by atoms with Crippen LogP contribution >= 0.6 is 11.3 Å². The third-order valence-corrected chi connectivity index (χ3v) is 12.0. The molecule has 1 aromatic heterocycles. The molecule has 252 valence electrons. The summed E-state index contributed by atoms with van der Waals surface area (Å²) in [5.74, 6) is -0.498. The molecule has 2 aliphatic heterocycles. The van der Waals surface area contributed by atoms with E-state index in [2.05, 4.69) is 63.5 Å². The van der Waals surface area contributed by atoms with Crippen LogP contribution in [-0.2, 0) is 21.4 Å². The molecule has 1 N–H and O–H groups in total. The number of likely N-dealkylation sites (N-methyl/N-ethyl adjacent to an activating group) is 1. The smallest absolute Gasteiger partial charge is 0.289 e. The molecule has 6 rings (SSSR count). The number of piperidine rings is 1. The number of nitrogens with one attached hydrogen (secondary N) is 1. The number of piperazine rings is 1. The Morgan fingerprint density at radius 2 is 1.56 bits per heavy atom. The minimum Gasteiger partial charge on any atom is -0.369 e. The van der Waals surface area contributed by atoms with Gasteiger partial charge in [0.2, 0.25) is 5.91 Å². The zero-order valence-electron chi connectivity index (χ0n) is 26.9. The molecular weight excluding hydrogens is 649 g/mol. The van der Waals surface area contributed by atoms with Gasteiger partial charge in [-0.2, -0.15) is 4.31 Å². The first kappa shape index (κ1) is 33.7. The second kappa shape index (κ2) is 15.0. The van der Waals surface area contributed by atoms with Crippen LogP contribution in [0.2, 0.25) is 0 Å². The summed E-state index contributed by atoms with van der Waals surface area (Å²) in [5, 5.41) is 15.3. The van der Waals surface area contributed by atoms with Crippen molar-refractivity contribution in [1.29, 1.82) is 0 Å². The van der Waals surface area contributed by atoms with Gasteiger partial charge in [0.15, 0.2) is 4.90 Å². The number of carbonyl (C=O) groups excluding carboxylic acids is 1. The summed E-state index contributed by atoms with van der Waals surface area (Å²) >= 11 is 1.41. The molecule has 0 spiro atoms. The highest BCUT2D eigenvalue weighted by Crippen LogP contribution is 2.34. The number of amides is 1. The van der Waals surface area contributed by atoms with E-state index in [1.165, 1.54) is 46.9 Å². The molecule has 0 unspecified atom stereocenters. The molecule has 0 radical (unpaired) electrons. The van der Waals surface area contributed by atoms with Gasteiger partial charge in [-0.05, 0) is 61.3 Å². The highest BCUT2D eigenvalue weighted by molar-refractivity contribution is 7.89. The van der Waals surface area contributed by atoms with Gasteiger partial charge in [0.05, 0.1) is 16.5 Å². The molecule has 1 amide bonds. The van der Waals surface area contributed by atoms with E-state index in [1.807, 2.05) is 30.3 Å². The highest BCUT2D eigenvalue weighted by atomic mass is 32.2. The van der Waals surface area contributed by atoms with Crippen LogP contribution in [0.3, 0.4) is 0 Å². The van der Waals surface area contributed by atoms with Crippen molar-refractivity contribution in [2.24, 2.45) is 0 Å². The van der Waals surface area contributed by atoms with Crippen LogP contribution in [0.25, 0.3) is 10.4 Å². The van der Waals surface area contributed by atoms with Gasteiger partial charge in [-0.25, -0.2) is 8.42 Å². The van der Waals surface area contributed by atoms with Gasteiger partial charge in [-0.1, -0.05) is 54.6 Å². The average Bonchev–Trinajstić information content (AvgIpc) is 3.57. The number of likely N-dealkylation sites (tertiary alicyclic amines) is 1.